The molecule has 0 aliphatic heterocycles. The summed E-state index contributed by atoms with van der Waals surface area (Å²) in [6, 6.07) is 3.90. The van der Waals surface area contributed by atoms with E-state index in [1.54, 1.807) is 15.8 Å². The van der Waals surface area contributed by atoms with Crippen molar-refractivity contribution in [3.8, 4) is 0 Å². The highest BCUT2D eigenvalue weighted by Gasteiger charge is 2.28. The summed E-state index contributed by atoms with van der Waals surface area (Å²) < 4.78 is 29.7. The van der Waals surface area contributed by atoms with Crippen molar-refractivity contribution in [3.05, 3.63) is 53.4 Å². The molecule has 1 aromatic carbocycles. The molecule has 134 valence electrons. The molecule has 1 heterocycles. The minimum atomic E-state index is -0.594. The van der Waals surface area contributed by atoms with Crippen LogP contribution in [0.4, 0.5) is 8.78 Å². The van der Waals surface area contributed by atoms with Gasteiger partial charge in [0.25, 0.3) is 0 Å². The molecule has 0 radical (unpaired) electrons. The molecule has 0 spiro atoms. The number of halogens is 2. The molecule has 1 aliphatic rings. The van der Waals surface area contributed by atoms with Gasteiger partial charge in [-0.2, -0.15) is 5.10 Å². The Morgan fingerprint density at radius 2 is 1.96 bits per heavy atom. The third-order valence-electron chi connectivity index (χ3n) is 4.86. The van der Waals surface area contributed by atoms with Crippen LogP contribution in [0.15, 0.2) is 30.6 Å². The van der Waals surface area contributed by atoms with Crippen molar-refractivity contribution in [1.29, 1.82) is 0 Å². The van der Waals surface area contributed by atoms with Crippen LogP contribution in [0.2, 0.25) is 0 Å². The maximum atomic E-state index is 14.0. The minimum Gasteiger partial charge on any atom is -0.335 e. The van der Waals surface area contributed by atoms with Crippen LogP contribution in [0.1, 0.15) is 43.2 Å². The summed E-state index contributed by atoms with van der Waals surface area (Å²) in [6.07, 6.45) is 8.42. The summed E-state index contributed by atoms with van der Waals surface area (Å²) >= 11 is 0. The van der Waals surface area contributed by atoms with E-state index in [1.165, 1.54) is 18.2 Å². The van der Waals surface area contributed by atoms with Gasteiger partial charge in [-0.25, -0.2) is 8.78 Å². The van der Waals surface area contributed by atoms with E-state index in [9.17, 15) is 13.6 Å². The lowest BCUT2D eigenvalue weighted by Crippen LogP contribution is -2.39. The molecule has 6 heteroatoms. The predicted molar refractivity (Wildman–Crippen MR) is 90.7 cm³/mol. The zero-order chi connectivity index (χ0) is 17.8. The van der Waals surface area contributed by atoms with E-state index in [4.69, 9.17) is 0 Å². The summed E-state index contributed by atoms with van der Waals surface area (Å²) in [5.74, 6) is -1.25. The lowest BCUT2D eigenvalue weighted by atomic mass is 10.1. The van der Waals surface area contributed by atoms with Gasteiger partial charge in [0.2, 0.25) is 5.91 Å². The predicted octanol–water partition coefficient (Wildman–Crippen LogP) is 3.60. The van der Waals surface area contributed by atoms with Gasteiger partial charge < -0.3 is 4.90 Å². The van der Waals surface area contributed by atoms with Gasteiger partial charge in [0.1, 0.15) is 11.6 Å². The fourth-order valence-electron chi connectivity index (χ4n) is 3.49. The maximum absolute atomic E-state index is 14.0. The van der Waals surface area contributed by atoms with E-state index in [1.807, 2.05) is 13.2 Å². The Kier molecular flexibility index (Phi) is 5.46. The zero-order valence-corrected chi connectivity index (χ0v) is 14.4. The monoisotopic (exact) mass is 347 g/mol. The highest BCUT2D eigenvalue weighted by Crippen LogP contribution is 2.27. The van der Waals surface area contributed by atoms with Gasteiger partial charge in [0.05, 0.1) is 12.7 Å². The summed E-state index contributed by atoms with van der Waals surface area (Å²) in [7, 11) is 1.83. The Bertz CT molecular complexity index is 718. The molecule has 1 aromatic heterocycles. The first-order chi connectivity index (χ1) is 12.0. The van der Waals surface area contributed by atoms with Crippen LogP contribution in [0.25, 0.3) is 0 Å². The SMILES string of the molecule is Cn1cc(CCC(=O)N(Cc2c(F)cccc2F)C2CCCC2)cn1. The van der Waals surface area contributed by atoms with Crippen molar-refractivity contribution in [1.82, 2.24) is 14.7 Å². The van der Waals surface area contributed by atoms with Gasteiger partial charge in [-0.15, -0.1) is 0 Å². The molecule has 0 unspecified atom stereocenters. The van der Waals surface area contributed by atoms with Gasteiger partial charge in [-0.1, -0.05) is 18.9 Å². The molecule has 1 saturated carbocycles. The fraction of sp³-hybridized carbons (Fsp3) is 0.474. The van der Waals surface area contributed by atoms with Crippen LogP contribution in [0.5, 0.6) is 0 Å². The number of hydrogen-bond donors (Lipinski definition) is 0. The van der Waals surface area contributed by atoms with Crippen LogP contribution >= 0.6 is 0 Å². The van der Waals surface area contributed by atoms with Crippen molar-refractivity contribution in [2.24, 2.45) is 7.05 Å². The third-order valence-corrected chi connectivity index (χ3v) is 4.86. The van der Waals surface area contributed by atoms with Gasteiger partial charge in [0, 0.05) is 31.3 Å². The number of aromatic nitrogens is 2. The second kappa shape index (κ2) is 7.76. The molecule has 25 heavy (non-hydrogen) atoms. The van der Waals surface area contributed by atoms with Crippen molar-refractivity contribution < 1.29 is 13.6 Å². The Morgan fingerprint density at radius 3 is 2.56 bits per heavy atom. The first-order valence-electron chi connectivity index (χ1n) is 8.74. The van der Waals surface area contributed by atoms with Crippen LogP contribution in [0.3, 0.4) is 0 Å². The molecule has 1 fully saturated rings. The Hall–Kier alpha value is -2.24. The number of aryl methyl sites for hydroxylation is 2. The largest absolute Gasteiger partial charge is 0.335 e. The van der Waals surface area contributed by atoms with Crippen LogP contribution in [-0.2, 0) is 24.8 Å². The number of benzene rings is 1. The second-order valence-electron chi connectivity index (χ2n) is 6.68. The van der Waals surface area contributed by atoms with E-state index in [2.05, 4.69) is 5.10 Å². The lowest BCUT2D eigenvalue weighted by Gasteiger charge is -2.29. The zero-order valence-electron chi connectivity index (χ0n) is 14.4. The van der Waals surface area contributed by atoms with Crippen LogP contribution < -0.4 is 0 Å². The topological polar surface area (TPSA) is 38.1 Å². The van der Waals surface area contributed by atoms with E-state index in [0.717, 1.165) is 31.2 Å². The molecule has 0 N–H and O–H groups in total. The summed E-state index contributed by atoms with van der Waals surface area (Å²) in [4.78, 5) is 14.5. The van der Waals surface area contributed by atoms with Crippen molar-refractivity contribution in [2.45, 2.75) is 51.1 Å². The van der Waals surface area contributed by atoms with E-state index < -0.39 is 11.6 Å². The summed E-state index contributed by atoms with van der Waals surface area (Å²) in [6.45, 7) is -0.00491. The molecule has 2 aromatic rings. The third kappa shape index (κ3) is 4.24. The van der Waals surface area contributed by atoms with Crippen molar-refractivity contribution in [3.63, 3.8) is 0 Å². The molecule has 0 bridgehead atoms. The van der Waals surface area contributed by atoms with Crippen LogP contribution in [-0.4, -0.2) is 26.6 Å². The minimum absolute atomic E-state index is 0.00491. The molecule has 1 aliphatic carbocycles. The molecule has 0 atom stereocenters. The Labute approximate surface area is 146 Å². The Morgan fingerprint density at radius 1 is 1.28 bits per heavy atom. The molecular formula is C19H23F2N3O. The number of amides is 1. The quantitative estimate of drug-likeness (QED) is 0.801. The van der Waals surface area contributed by atoms with Crippen LogP contribution in [0, 0.1) is 11.6 Å². The number of rotatable bonds is 6. The van der Waals surface area contributed by atoms with E-state index >= 15 is 0 Å². The van der Waals surface area contributed by atoms with Gasteiger partial charge in [-0.3, -0.25) is 9.48 Å². The summed E-state index contributed by atoms with van der Waals surface area (Å²) in [5, 5.41) is 4.10. The van der Waals surface area contributed by atoms with E-state index in [0.29, 0.717) is 12.8 Å². The molecule has 0 saturated heterocycles. The highest BCUT2D eigenvalue weighted by molar-refractivity contribution is 5.77. The smallest absolute Gasteiger partial charge is 0.223 e. The Balaban J connectivity index is 1.73. The molecule has 4 nitrogen and oxygen atoms in total. The van der Waals surface area contributed by atoms with E-state index in [-0.39, 0.29) is 24.1 Å². The van der Waals surface area contributed by atoms with Crippen molar-refractivity contribution in [2.75, 3.05) is 0 Å². The average molecular weight is 347 g/mol. The van der Waals surface area contributed by atoms with Gasteiger partial charge in [-0.05, 0) is 37.0 Å². The van der Waals surface area contributed by atoms with Gasteiger partial charge >= 0.3 is 0 Å². The molecule has 3 rings (SSSR count). The molecular weight excluding hydrogens is 324 g/mol. The average Bonchev–Trinajstić information content (AvgIpc) is 3.24. The first kappa shape index (κ1) is 17.6. The lowest BCUT2D eigenvalue weighted by molar-refractivity contribution is -0.134. The number of hydrogen-bond acceptors (Lipinski definition) is 2. The van der Waals surface area contributed by atoms with Gasteiger partial charge in [0.15, 0.2) is 0 Å². The fourth-order valence-corrected chi connectivity index (χ4v) is 3.49. The maximum Gasteiger partial charge on any atom is 0.223 e. The van der Waals surface area contributed by atoms with Crippen molar-refractivity contribution >= 4 is 5.91 Å². The number of carbonyl (C=O) groups excluding carboxylic acids is 1. The number of carbonyl (C=O) groups is 1. The highest BCUT2D eigenvalue weighted by atomic mass is 19.1. The standard InChI is InChI=1S/C19H23F2N3O/c1-23-12-14(11-22-23)9-10-19(25)24(15-5-2-3-6-15)13-16-17(20)7-4-8-18(16)21/h4,7-8,11-12,15H,2-3,5-6,9-10,13H2,1H3. The molecule has 1 amide bonds. The normalized spacial score (nSPS) is 14.8. The summed E-state index contributed by atoms with van der Waals surface area (Å²) in [5.41, 5.74) is 0.962. The first-order valence-corrected chi connectivity index (χ1v) is 8.74. The second-order valence-corrected chi connectivity index (χ2v) is 6.68. The number of nitrogens with zero attached hydrogens (tertiary/aromatic N) is 3.